The van der Waals surface area contributed by atoms with Crippen LogP contribution in [0, 0.1) is 0 Å². The van der Waals surface area contributed by atoms with Crippen LogP contribution in [0.15, 0.2) is 41.3 Å². The van der Waals surface area contributed by atoms with E-state index in [9.17, 15) is 4.79 Å². The van der Waals surface area contributed by atoms with Crippen molar-refractivity contribution in [1.29, 1.82) is 0 Å². The fraction of sp³-hybridized carbons (Fsp3) is 0.500. The number of likely N-dealkylation sites (tertiary alicyclic amines) is 1. The molecule has 0 N–H and O–H groups in total. The van der Waals surface area contributed by atoms with Crippen molar-refractivity contribution >= 4 is 5.91 Å². The molecule has 1 amide bonds. The zero-order valence-electron chi connectivity index (χ0n) is 12.9. The molecule has 1 fully saturated rings. The predicted octanol–water partition coefficient (Wildman–Crippen LogP) is 1.60. The van der Waals surface area contributed by atoms with E-state index in [0.29, 0.717) is 19.1 Å². The number of carbonyl (C=O) groups excluding carboxylic acids is 1. The summed E-state index contributed by atoms with van der Waals surface area (Å²) in [5.74, 6) is 0.939. The zero-order chi connectivity index (χ0) is 15.4. The van der Waals surface area contributed by atoms with Crippen molar-refractivity contribution in [3.8, 4) is 0 Å². The van der Waals surface area contributed by atoms with Gasteiger partial charge in [0.25, 0.3) is 0 Å². The average molecular weight is 302 g/mol. The maximum Gasteiger partial charge on any atom is 0.236 e. The van der Waals surface area contributed by atoms with Gasteiger partial charge in [-0.3, -0.25) is 14.4 Å². The molecule has 1 aliphatic heterocycles. The number of amides is 1. The van der Waals surface area contributed by atoms with Crippen molar-refractivity contribution in [2.24, 2.45) is 0 Å². The van der Waals surface area contributed by atoms with Gasteiger partial charge in [-0.1, -0.05) is 0 Å². The van der Waals surface area contributed by atoms with Crippen molar-refractivity contribution in [2.75, 3.05) is 20.1 Å². The molecule has 0 aromatic carbocycles. The maximum atomic E-state index is 12.4. The minimum atomic E-state index is 0.128. The van der Waals surface area contributed by atoms with Crippen LogP contribution in [0.3, 0.4) is 0 Å². The van der Waals surface area contributed by atoms with Crippen LogP contribution in [0.4, 0.5) is 0 Å². The summed E-state index contributed by atoms with van der Waals surface area (Å²) in [6.07, 6.45) is 7.66. The van der Waals surface area contributed by atoms with E-state index >= 15 is 0 Å². The summed E-state index contributed by atoms with van der Waals surface area (Å²) in [4.78, 5) is 16.4. The summed E-state index contributed by atoms with van der Waals surface area (Å²) >= 11 is 0. The maximum absolute atomic E-state index is 12.4. The van der Waals surface area contributed by atoms with Crippen molar-refractivity contribution in [2.45, 2.75) is 32.0 Å². The van der Waals surface area contributed by atoms with Crippen LogP contribution in [0.25, 0.3) is 0 Å². The molecule has 1 unspecified atom stereocenters. The van der Waals surface area contributed by atoms with Gasteiger partial charge in [0.1, 0.15) is 5.76 Å². The number of aromatic nitrogens is 2. The molecule has 1 saturated heterocycles. The summed E-state index contributed by atoms with van der Waals surface area (Å²) in [7, 11) is 1.82. The number of furan rings is 1. The fourth-order valence-electron chi connectivity index (χ4n) is 2.95. The van der Waals surface area contributed by atoms with Gasteiger partial charge in [0.05, 0.1) is 25.9 Å². The van der Waals surface area contributed by atoms with Crippen LogP contribution in [0.5, 0.6) is 0 Å². The second-order valence-corrected chi connectivity index (χ2v) is 5.82. The lowest BCUT2D eigenvalue weighted by Crippen LogP contribution is -2.41. The summed E-state index contributed by atoms with van der Waals surface area (Å²) in [5.41, 5.74) is 0. The Morgan fingerprint density at radius 1 is 1.50 bits per heavy atom. The quantitative estimate of drug-likeness (QED) is 0.813. The van der Waals surface area contributed by atoms with E-state index < -0.39 is 0 Å². The van der Waals surface area contributed by atoms with E-state index in [1.54, 1.807) is 17.4 Å². The van der Waals surface area contributed by atoms with Crippen LogP contribution in [-0.4, -0.2) is 51.7 Å². The third-order valence-electron chi connectivity index (χ3n) is 4.19. The highest BCUT2D eigenvalue weighted by atomic mass is 16.3. The largest absolute Gasteiger partial charge is 0.467 e. The van der Waals surface area contributed by atoms with Gasteiger partial charge in [0.15, 0.2) is 0 Å². The van der Waals surface area contributed by atoms with Gasteiger partial charge < -0.3 is 9.32 Å². The van der Waals surface area contributed by atoms with Gasteiger partial charge in [-0.2, -0.15) is 5.10 Å². The van der Waals surface area contributed by atoms with E-state index in [1.807, 2.05) is 36.1 Å². The molecule has 2 aromatic rings. The average Bonchev–Trinajstić information content (AvgIpc) is 3.23. The third kappa shape index (κ3) is 3.57. The molecule has 1 aliphatic rings. The molecular weight excluding hydrogens is 280 g/mol. The zero-order valence-corrected chi connectivity index (χ0v) is 12.9. The third-order valence-corrected chi connectivity index (χ3v) is 4.19. The van der Waals surface area contributed by atoms with Gasteiger partial charge in [0.2, 0.25) is 5.91 Å². The normalized spacial score (nSPS) is 18.7. The Kier molecular flexibility index (Phi) is 4.58. The van der Waals surface area contributed by atoms with E-state index in [0.717, 1.165) is 31.7 Å². The summed E-state index contributed by atoms with van der Waals surface area (Å²) in [5, 5.41) is 4.26. The van der Waals surface area contributed by atoms with Gasteiger partial charge in [-0.05, 0) is 37.6 Å². The van der Waals surface area contributed by atoms with E-state index in [4.69, 9.17) is 4.42 Å². The Hall–Kier alpha value is -2.08. The lowest BCUT2D eigenvalue weighted by Gasteiger charge is -2.26. The van der Waals surface area contributed by atoms with Crippen molar-refractivity contribution in [3.63, 3.8) is 0 Å². The number of hydrogen-bond donors (Lipinski definition) is 0. The molecule has 118 valence electrons. The lowest BCUT2D eigenvalue weighted by molar-refractivity contribution is -0.132. The topological polar surface area (TPSA) is 54.5 Å². The molecule has 2 aromatic heterocycles. The monoisotopic (exact) mass is 302 g/mol. The molecule has 3 rings (SSSR count). The van der Waals surface area contributed by atoms with Crippen molar-refractivity contribution in [1.82, 2.24) is 19.6 Å². The Morgan fingerprint density at radius 2 is 2.41 bits per heavy atom. The first kappa shape index (κ1) is 14.8. The lowest BCUT2D eigenvalue weighted by atomic mass is 10.2. The summed E-state index contributed by atoms with van der Waals surface area (Å²) < 4.78 is 7.24. The molecule has 1 atom stereocenters. The van der Waals surface area contributed by atoms with Crippen molar-refractivity contribution < 1.29 is 9.21 Å². The second-order valence-electron chi connectivity index (χ2n) is 5.82. The Labute approximate surface area is 130 Å². The van der Waals surface area contributed by atoms with Gasteiger partial charge >= 0.3 is 0 Å². The van der Waals surface area contributed by atoms with Crippen LogP contribution < -0.4 is 0 Å². The number of rotatable bonds is 6. The number of carbonyl (C=O) groups is 1. The molecule has 0 saturated carbocycles. The fourth-order valence-corrected chi connectivity index (χ4v) is 2.95. The molecule has 0 bridgehead atoms. The minimum absolute atomic E-state index is 0.128. The van der Waals surface area contributed by atoms with Crippen LogP contribution in [0.1, 0.15) is 18.6 Å². The first-order valence-electron chi connectivity index (χ1n) is 7.70. The first-order valence-corrected chi connectivity index (χ1v) is 7.70. The second kappa shape index (κ2) is 6.79. The van der Waals surface area contributed by atoms with Crippen LogP contribution in [0.2, 0.25) is 0 Å². The number of likely N-dealkylation sites (N-methyl/N-ethyl adjacent to an activating group) is 1. The highest BCUT2D eigenvalue weighted by molar-refractivity contribution is 5.78. The van der Waals surface area contributed by atoms with Gasteiger partial charge in [0, 0.05) is 25.5 Å². The van der Waals surface area contributed by atoms with E-state index in [1.165, 1.54) is 0 Å². The van der Waals surface area contributed by atoms with Crippen LogP contribution >= 0.6 is 0 Å². The standard InChI is InChI=1S/C16H22N4O2/c1-18(12-15-6-3-10-22-15)16(21)13-19-8-2-5-14(19)11-20-9-4-7-17-20/h3-4,6-7,9-10,14H,2,5,8,11-13H2,1H3. The molecule has 0 aliphatic carbocycles. The smallest absolute Gasteiger partial charge is 0.236 e. The molecule has 6 nitrogen and oxygen atoms in total. The minimum Gasteiger partial charge on any atom is -0.467 e. The molecule has 0 spiro atoms. The van der Waals surface area contributed by atoms with Gasteiger partial charge in [-0.25, -0.2) is 0 Å². The first-order chi connectivity index (χ1) is 10.7. The highest BCUT2D eigenvalue weighted by Crippen LogP contribution is 2.18. The Bertz CT molecular complexity index is 579. The molecule has 6 heteroatoms. The molecule has 0 radical (unpaired) electrons. The molecule has 3 heterocycles. The van der Waals surface area contributed by atoms with Crippen LogP contribution in [-0.2, 0) is 17.9 Å². The highest BCUT2D eigenvalue weighted by Gasteiger charge is 2.27. The van der Waals surface area contributed by atoms with Gasteiger partial charge in [-0.15, -0.1) is 0 Å². The SMILES string of the molecule is CN(Cc1ccco1)C(=O)CN1CCCC1Cn1cccn1. The Morgan fingerprint density at radius 3 is 3.14 bits per heavy atom. The predicted molar refractivity (Wildman–Crippen MR) is 82.0 cm³/mol. The number of hydrogen-bond acceptors (Lipinski definition) is 4. The molecule has 22 heavy (non-hydrogen) atoms. The molecular formula is C16H22N4O2. The summed E-state index contributed by atoms with van der Waals surface area (Å²) in [6.45, 7) is 2.81. The van der Waals surface area contributed by atoms with Crippen molar-refractivity contribution in [3.05, 3.63) is 42.6 Å². The van der Waals surface area contributed by atoms with E-state index in [2.05, 4.69) is 10.00 Å². The Balaban J connectivity index is 1.53. The summed E-state index contributed by atoms with van der Waals surface area (Å²) in [6, 6.07) is 6.05. The number of nitrogens with zero attached hydrogens (tertiary/aromatic N) is 4. The van der Waals surface area contributed by atoms with E-state index in [-0.39, 0.29) is 5.91 Å².